The maximum Gasteiger partial charge on any atom is 0.309 e. The average molecular weight is 316 g/mol. The van der Waals surface area contributed by atoms with Gasteiger partial charge in [-0.15, -0.1) is 11.3 Å². The molecule has 0 bridgehead atoms. The van der Waals surface area contributed by atoms with Crippen LogP contribution >= 0.6 is 23.1 Å². The van der Waals surface area contributed by atoms with Gasteiger partial charge in [-0.05, 0) is 23.8 Å². The molecule has 21 heavy (non-hydrogen) atoms. The molecule has 106 valence electrons. The van der Waals surface area contributed by atoms with Gasteiger partial charge in [0, 0.05) is 22.7 Å². The van der Waals surface area contributed by atoms with Crippen molar-refractivity contribution in [1.82, 2.24) is 9.97 Å². The molecular formula is C15H12N2O2S2. The summed E-state index contributed by atoms with van der Waals surface area (Å²) in [6, 6.07) is 10.2. The Balaban J connectivity index is 1.68. The van der Waals surface area contributed by atoms with Gasteiger partial charge in [-0.1, -0.05) is 23.9 Å². The van der Waals surface area contributed by atoms with Crippen molar-refractivity contribution in [3.63, 3.8) is 0 Å². The number of aromatic nitrogens is 2. The van der Waals surface area contributed by atoms with Crippen LogP contribution in [0.1, 0.15) is 11.3 Å². The Morgan fingerprint density at radius 1 is 1.33 bits per heavy atom. The van der Waals surface area contributed by atoms with Gasteiger partial charge in [-0.25, -0.2) is 4.98 Å². The molecule has 0 aliphatic carbocycles. The Morgan fingerprint density at radius 2 is 2.24 bits per heavy atom. The molecule has 2 heterocycles. The highest BCUT2D eigenvalue weighted by molar-refractivity contribution is 8.00. The predicted octanol–water partition coefficient (Wildman–Crippen LogP) is 3.61. The van der Waals surface area contributed by atoms with E-state index in [-0.39, 0.29) is 6.42 Å². The van der Waals surface area contributed by atoms with Crippen molar-refractivity contribution in [2.24, 2.45) is 0 Å². The molecule has 1 N–H and O–H groups in total. The molecule has 0 saturated carbocycles. The third-order valence-corrected chi connectivity index (χ3v) is 5.03. The van der Waals surface area contributed by atoms with Crippen molar-refractivity contribution < 1.29 is 9.90 Å². The maximum atomic E-state index is 10.6. The van der Waals surface area contributed by atoms with Gasteiger partial charge in [-0.3, -0.25) is 9.78 Å². The number of carboxylic acid groups (broad SMARTS) is 1. The molecule has 2 aromatic heterocycles. The van der Waals surface area contributed by atoms with E-state index in [0.29, 0.717) is 5.69 Å². The fourth-order valence-corrected chi connectivity index (χ4v) is 3.74. The first-order chi connectivity index (χ1) is 10.2. The molecule has 0 amide bonds. The maximum absolute atomic E-state index is 10.6. The van der Waals surface area contributed by atoms with Crippen molar-refractivity contribution in [3.8, 4) is 0 Å². The summed E-state index contributed by atoms with van der Waals surface area (Å²) in [7, 11) is 0. The summed E-state index contributed by atoms with van der Waals surface area (Å²) in [5.74, 6) is -0.0379. The first-order valence-corrected chi connectivity index (χ1v) is 8.20. The van der Waals surface area contributed by atoms with Gasteiger partial charge in [0.05, 0.1) is 17.6 Å². The van der Waals surface area contributed by atoms with Crippen molar-refractivity contribution in [2.75, 3.05) is 0 Å². The minimum absolute atomic E-state index is 0.0152. The van der Waals surface area contributed by atoms with Gasteiger partial charge < -0.3 is 5.11 Å². The number of hydrogen-bond donors (Lipinski definition) is 1. The monoisotopic (exact) mass is 316 g/mol. The number of pyridine rings is 1. The number of carboxylic acids is 1. The Morgan fingerprint density at radius 3 is 3.10 bits per heavy atom. The molecule has 3 aromatic rings. The van der Waals surface area contributed by atoms with Crippen molar-refractivity contribution in [3.05, 3.63) is 53.2 Å². The molecule has 0 atom stereocenters. The fourth-order valence-electron chi connectivity index (χ4n) is 1.95. The van der Waals surface area contributed by atoms with Crippen LogP contribution in [-0.4, -0.2) is 21.0 Å². The summed E-state index contributed by atoms with van der Waals surface area (Å²) in [6.07, 6.45) is 1.77. The standard InChI is InChI=1S/C15H12N2O2S2/c18-14(19)7-12-9-21-15(17-12)20-8-10-3-4-13-11(6-10)2-1-5-16-13/h1-6,9H,7-8H2,(H,18,19). The van der Waals surface area contributed by atoms with Gasteiger partial charge in [-0.2, -0.15) is 0 Å². The molecule has 0 radical (unpaired) electrons. The highest BCUT2D eigenvalue weighted by Crippen LogP contribution is 2.27. The van der Waals surface area contributed by atoms with Crippen molar-refractivity contribution >= 4 is 40.0 Å². The summed E-state index contributed by atoms with van der Waals surface area (Å²) in [5.41, 5.74) is 2.82. The van der Waals surface area contributed by atoms with E-state index in [2.05, 4.69) is 22.1 Å². The Labute approximate surface area is 129 Å². The smallest absolute Gasteiger partial charge is 0.309 e. The third kappa shape index (κ3) is 3.59. The van der Waals surface area contributed by atoms with Crippen LogP contribution in [0.15, 0.2) is 46.2 Å². The lowest BCUT2D eigenvalue weighted by Gasteiger charge is -2.01. The number of thioether (sulfide) groups is 1. The van der Waals surface area contributed by atoms with Gasteiger partial charge >= 0.3 is 5.97 Å². The quantitative estimate of drug-likeness (QED) is 0.729. The summed E-state index contributed by atoms with van der Waals surface area (Å²) in [6.45, 7) is 0. The molecule has 0 aliphatic rings. The van der Waals surface area contributed by atoms with Crippen molar-refractivity contribution in [1.29, 1.82) is 0 Å². The molecular weight excluding hydrogens is 304 g/mol. The zero-order valence-corrected chi connectivity index (χ0v) is 12.7. The number of rotatable bonds is 5. The number of aliphatic carboxylic acids is 1. The van der Waals surface area contributed by atoms with Crippen LogP contribution in [0.5, 0.6) is 0 Å². The molecule has 0 aliphatic heterocycles. The molecule has 1 aromatic carbocycles. The number of nitrogens with zero attached hydrogens (tertiary/aromatic N) is 2. The second-order valence-corrected chi connectivity index (χ2v) is 6.57. The molecule has 0 spiro atoms. The summed E-state index contributed by atoms with van der Waals surface area (Å²) >= 11 is 3.11. The molecule has 0 saturated heterocycles. The third-order valence-electron chi connectivity index (χ3n) is 2.89. The van der Waals surface area contributed by atoms with Crippen molar-refractivity contribution in [2.45, 2.75) is 16.5 Å². The van der Waals surface area contributed by atoms with Crippen LogP contribution in [-0.2, 0) is 17.0 Å². The fraction of sp³-hybridized carbons (Fsp3) is 0.133. The zero-order chi connectivity index (χ0) is 14.7. The number of carbonyl (C=O) groups is 1. The lowest BCUT2D eigenvalue weighted by atomic mass is 10.1. The SMILES string of the molecule is O=C(O)Cc1csc(SCc2ccc3ncccc3c2)n1. The summed E-state index contributed by atoms with van der Waals surface area (Å²) in [4.78, 5) is 19.2. The Hall–Kier alpha value is -1.92. The number of thiazole rings is 1. The normalized spacial score (nSPS) is 10.9. The van der Waals surface area contributed by atoms with Crippen LogP contribution in [0.4, 0.5) is 0 Å². The molecule has 4 nitrogen and oxygen atoms in total. The van der Waals surface area contributed by atoms with Crippen LogP contribution in [0, 0.1) is 0 Å². The minimum Gasteiger partial charge on any atom is -0.481 e. The second kappa shape index (κ2) is 6.24. The highest BCUT2D eigenvalue weighted by Gasteiger charge is 2.07. The number of hydrogen-bond acceptors (Lipinski definition) is 5. The molecule has 0 unspecified atom stereocenters. The minimum atomic E-state index is -0.848. The van der Waals surface area contributed by atoms with E-state index in [0.717, 1.165) is 21.0 Å². The predicted molar refractivity (Wildman–Crippen MR) is 84.8 cm³/mol. The largest absolute Gasteiger partial charge is 0.481 e. The van der Waals surface area contributed by atoms with Gasteiger partial charge in [0.2, 0.25) is 0 Å². The van der Waals surface area contributed by atoms with Gasteiger partial charge in [0.25, 0.3) is 0 Å². The van der Waals surface area contributed by atoms with Gasteiger partial charge in [0.1, 0.15) is 4.34 Å². The topological polar surface area (TPSA) is 63.1 Å². The Kier molecular flexibility index (Phi) is 4.17. The van der Waals surface area contributed by atoms with E-state index in [4.69, 9.17) is 5.11 Å². The van der Waals surface area contributed by atoms with E-state index in [1.54, 1.807) is 23.3 Å². The average Bonchev–Trinajstić information content (AvgIpc) is 2.91. The van der Waals surface area contributed by atoms with E-state index in [1.807, 2.05) is 18.2 Å². The number of fused-ring (bicyclic) bond motifs is 1. The molecule has 3 rings (SSSR count). The second-order valence-electron chi connectivity index (χ2n) is 4.49. The number of benzene rings is 1. The van der Waals surface area contributed by atoms with Crippen LogP contribution in [0.25, 0.3) is 10.9 Å². The first kappa shape index (κ1) is 14.0. The summed E-state index contributed by atoms with van der Waals surface area (Å²) in [5, 5.41) is 11.7. The van der Waals surface area contributed by atoms with E-state index in [1.165, 1.54) is 16.9 Å². The van der Waals surface area contributed by atoms with E-state index in [9.17, 15) is 4.79 Å². The highest BCUT2D eigenvalue weighted by atomic mass is 32.2. The lowest BCUT2D eigenvalue weighted by molar-refractivity contribution is -0.136. The van der Waals surface area contributed by atoms with Crippen LogP contribution in [0.3, 0.4) is 0 Å². The molecule has 6 heteroatoms. The lowest BCUT2D eigenvalue weighted by Crippen LogP contribution is -1.99. The molecule has 0 fully saturated rings. The van der Waals surface area contributed by atoms with Crippen LogP contribution in [0.2, 0.25) is 0 Å². The van der Waals surface area contributed by atoms with E-state index < -0.39 is 5.97 Å². The summed E-state index contributed by atoms with van der Waals surface area (Å²) < 4.78 is 0.900. The van der Waals surface area contributed by atoms with E-state index >= 15 is 0 Å². The zero-order valence-electron chi connectivity index (χ0n) is 11.0. The Bertz CT molecular complexity index is 786. The first-order valence-electron chi connectivity index (χ1n) is 6.33. The van der Waals surface area contributed by atoms with Crippen LogP contribution < -0.4 is 0 Å². The van der Waals surface area contributed by atoms with Gasteiger partial charge in [0.15, 0.2) is 0 Å².